The van der Waals surface area contributed by atoms with Gasteiger partial charge < -0.3 is 16.0 Å². The molecule has 0 spiro atoms. The van der Waals surface area contributed by atoms with Gasteiger partial charge in [-0.3, -0.25) is 9.48 Å². The summed E-state index contributed by atoms with van der Waals surface area (Å²) in [6.07, 6.45) is 6.04. The Morgan fingerprint density at radius 2 is 2.06 bits per heavy atom. The molecule has 31 heavy (non-hydrogen) atoms. The minimum absolute atomic E-state index is 0.0912. The molecule has 6 nitrogen and oxygen atoms in total. The van der Waals surface area contributed by atoms with Crippen molar-refractivity contribution in [3.8, 4) is 0 Å². The molecule has 3 aromatic rings. The van der Waals surface area contributed by atoms with Crippen LogP contribution in [0.25, 0.3) is 0 Å². The van der Waals surface area contributed by atoms with Gasteiger partial charge in [-0.1, -0.05) is 23.7 Å². The standard InChI is InChI=1S/C24H26ClN5O/c1-30-14-15(11-28-30)10-27-24(31)23(19-6-18(16-2-3-16)7-21(25)8-19)29-22-5-4-17-12-26-13-20(17)9-22/h4-9,11,14,16,23,26,29H,2-3,10,12-13H2,1H3,(H,27,31)/t23-/m1/s1. The second kappa shape index (κ2) is 8.36. The first-order valence-corrected chi connectivity index (χ1v) is 11.1. The molecule has 1 saturated carbocycles. The normalized spacial score (nSPS) is 16.1. The van der Waals surface area contributed by atoms with Crippen molar-refractivity contribution in [1.82, 2.24) is 20.4 Å². The number of amides is 1. The third-order valence-electron chi connectivity index (χ3n) is 5.96. The zero-order chi connectivity index (χ0) is 21.4. The van der Waals surface area contributed by atoms with E-state index in [0.29, 0.717) is 17.5 Å². The number of carbonyl (C=O) groups is 1. The van der Waals surface area contributed by atoms with E-state index in [1.54, 1.807) is 10.9 Å². The molecule has 1 atom stereocenters. The molecule has 7 heteroatoms. The predicted octanol–water partition coefficient (Wildman–Crippen LogP) is 4.02. The van der Waals surface area contributed by atoms with E-state index in [-0.39, 0.29) is 5.91 Å². The van der Waals surface area contributed by atoms with Gasteiger partial charge in [-0.25, -0.2) is 0 Å². The number of rotatable bonds is 7. The summed E-state index contributed by atoms with van der Waals surface area (Å²) in [7, 11) is 1.86. The van der Waals surface area contributed by atoms with Crippen molar-refractivity contribution in [3.05, 3.63) is 81.6 Å². The lowest BCUT2D eigenvalue weighted by Crippen LogP contribution is -2.33. The van der Waals surface area contributed by atoms with Gasteiger partial charge in [0, 0.05) is 49.2 Å². The van der Waals surface area contributed by atoms with Gasteiger partial charge in [-0.15, -0.1) is 0 Å². The van der Waals surface area contributed by atoms with Gasteiger partial charge in [-0.05, 0) is 65.3 Å². The van der Waals surface area contributed by atoms with E-state index in [4.69, 9.17) is 11.6 Å². The van der Waals surface area contributed by atoms with Crippen LogP contribution in [0.4, 0.5) is 5.69 Å². The van der Waals surface area contributed by atoms with E-state index in [1.165, 1.54) is 29.5 Å². The lowest BCUT2D eigenvalue weighted by Gasteiger charge is -2.21. The van der Waals surface area contributed by atoms with Crippen LogP contribution < -0.4 is 16.0 Å². The van der Waals surface area contributed by atoms with Gasteiger partial charge in [0.25, 0.3) is 0 Å². The maximum Gasteiger partial charge on any atom is 0.247 e. The first kappa shape index (κ1) is 20.1. The van der Waals surface area contributed by atoms with E-state index >= 15 is 0 Å². The zero-order valence-electron chi connectivity index (χ0n) is 17.5. The summed E-state index contributed by atoms with van der Waals surface area (Å²) in [4.78, 5) is 13.3. The van der Waals surface area contributed by atoms with Gasteiger partial charge >= 0.3 is 0 Å². The number of benzene rings is 2. The molecule has 3 N–H and O–H groups in total. The molecule has 0 saturated heterocycles. The van der Waals surface area contributed by atoms with Gasteiger partial charge in [0.05, 0.1) is 6.20 Å². The van der Waals surface area contributed by atoms with Crippen molar-refractivity contribution in [2.24, 2.45) is 7.05 Å². The Morgan fingerprint density at radius 1 is 1.23 bits per heavy atom. The fraction of sp³-hybridized carbons (Fsp3) is 0.333. The Labute approximate surface area is 187 Å². The first-order valence-electron chi connectivity index (χ1n) is 10.7. The maximum atomic E-state index is 13.3. The first-order chi connectivity index (χ1) is 15.0. The molecule has 1 aromatic heterocycles. The second-order valence-electron chi connectivity index (χ2n) is 8.50. The monoisotopic (exact) mass is 435 g/mol. The van der Waals surface area contributed by atoms with Gasteiger partial charge in [0.15, 0.2) is 0 Å². The van der Waals surface area contributed by atoms with Crippen LogP contribution in [-0.2, 0) is 31.5 Å². The highest BCUT2D eigenvalue weighted by Gasteiger charge is 2.27. The summed E-state index contributed by atoms with van der Waals surface area (Å²) in [5, 5.41) is 14.7. The average Bonchev–Trinajstić information content (AvgIpc) is 3.37. The molecule has 2 aromatic carbocycles. The van der Waals surface area contributed by atoms with Crippen molar-refractivity contribution < 1.29 is 4.79 Å². The zero-order valence-corrected chi connectivity index (χ0v) is 18.2. The molecule has 5 rings (SSSR count). The lowest BCUT2D eigenvalue weighted by molar-refractivity contribution is -0.122. The number of hydrogen-bond donors (Lipinski definition) is 3. The fourth-order valence-electron chi connectivity index (χ4n) is 4.16. The Balaban J connectivity index is 1.42. The van der Waals surface area contributed by atoms with E-state index in [2.05, 4.69) is 39.2 Å². The summed E-state index contributed by atoms with van der Waals surface area (Å²) in [5.74, 6) is 0.467. The molecule has 1 aliphatic carbocycles. The Hall–Kier alpha value is -2.83. The van der Waals surface area contributed by atoms with Gasteiger partial charge in [0.1, 0.15) is 6.04 Å². The SMILES string of the molecule is Cn1cc(CNC(=O)[C@H](Nc2ccc3c(c2)CNC3)c2cc(Cl)cc(C3CC3)c2)cn1. The Bertz CT molecular complexity index is 1120. The van der Waals surface area contributed by atoms with Crippen LogP contribution in [0.1, 0.15) is 52.6 Å². The summed E-state index contributed by atoms with van der Waals surface area (Å²) in [5.41, 5.74) is 6.57. The molecule has 2 heterocycles. The van der Waals surface area contributed by atoms with Crippen LogP contribution in [0.5, 0.6) is 0 Å². The number of hydrogen-bond acceptors (Lipinski definition) is 4. The molecule has 1 fully saturated rings. The van der Waals surface area contributed by atoms with E-state index in [1.807, 2.05) is 31.4 Å². The number of halogens is 1. The number of fused-ring (bicyclic) bond motifs is 1. The number of aromatic nitrogens is 2. The van der Waals surface area contributed by atoms with E-state index in [0.717, 1.165) is 29.9 Å². The van der Waals surface area contributed by atoms with E-state index < -0.39 is 6.04 Å². The summed E-state index contributed by atoms with van der Waals surface area (Å²) in [6.45, 7) is 2.17. The van der Waals surface area contributed by atoms with Crippen molar-refractivity contribution in [1.29, 1.82) is 0 Å². The number of nitrogens with one attached hydrogen (secondary N) is 3. The molecule has 0 radical (unpaired) electrons. The molecule has 0 bridgehead atoms. The molecule has 1 aliphatic heterocycles. The summed E-state index contributed by atoms with van der Waals surface area (Å²) in [6, 6.07) is 11.8. The topological polar surface area (TPSA) is 71.0 Å². The molecule has 2 aliphatic rings. The Kier molecular flexibility index (Phi) is 5.42. The van der Waals surface area contributed by atoms with Crippen LogP contribution in [0, 0.1) is 0 Å². The van der Waals surface area contributed by atoms with Crippen molar-refractivity contribution in [3.63, 3.8) is 0 Å². The summed E-state index contributed by atoms with van der Waals surface area (Å²) >= 11 is 6.45. The number of anilines is 1. The highest BCUT2D eigenvalue weighted by atomic mass is 35.5. The van der Waals surface area contributed by atoms with Crippen LogP contribution in [0.3, 0.4) is 0 Å². The van der Waals surface area contributed by atoms with Crippen molar-refractivity contribution in [2.75, 3.05) is 5.32 Å². The smallest absolute Gasteiger partial charge is 0.247 e. The third-order valence-corrected chi connectivity index (χ3v) is 6.18. The average molecular weight is 436 g/mol. The van der Waals surface area contributed by atoms with Crippen molar-refractivity contribution in [2.45, 2.75) is 44.4 Å². The third kappa shape index (κ3) is 4.60. The van der Waals surface area contributed by atoms with Crippen LogP contribution in [0.15, 0.2) is 48.8 Å². The molecule has 160 valence electrons. The minimum Gasteiger partial charge on any atom is -0.370 e. The molecular formula is C24H26ClN5O. The Morgan fingerprint density at radius 3 is 2.84 bits per heavy atom. The minimum atomic E-state index is -0.541. The number of carbonyl (C=O) groups excluding carboxylic acids is 1. The lowest BCUT2D eigenvalue weighted by atomic mass is 10.00. The predicted molar refractivity (Wildman–Crippen MR) is 122 cm³/mol. The molecule has 1 amide bonds. The fourth-order valence-corrected chi connectivity index (χ4v) is 4.41. The van der Waals surface area contributed by atoms with Crippen LogP contribution in [0.2, 0.25) is 5.02 Å². The second-order valence-corrected chi connectivity index (χ2v) is 8.93. The quantitative estimate of drug-likeness (QED) is 0.524. The summed E-state index contributed by atoms with van der Waals surface area (Å²) < 4.78 is 1.73. The van der Waals surface area contributed by atoms with Gasteiger partial charge in [0.2, 0.25) is 5.91 Å². The highest BCUT2D eigenvalue weighted by Crippen LogP contribution is 2.42. The van der Waals surface area contributed by atoms with Crippen molar-refractivity contribution >= 4 is 23.2 Å². The molecule has 0 unspecified atom stereocenters. The number of aryl methyl sites for hydroxylation is 1. The largest absolute Gasteiger partial charge is 0.370 e. The highest BCUT2D eigenvalue weighted by molar-refractivity contribution is 6.30. The van der Waals surface area contributed by atoms with Crippen LogP contribution >= 0.6 is 11.6 Å². The van der Waals surface area contributed by atoms with Crippen LogP contribution in [-0.4, -0.2) is 15.7 Å². The van der Waals surface area contributed by atoms with Gasteiger partial charge in [-0.2, -0.15) is 5.10 Å². The maximum absolute atomic E-state index is 13.3. The van der Waals surface area contributed by atoms with E-state index in [9.17, 15) is 4.79 Å². The molecular weight excluding hydrogens is 410 g/mol. The number of nitrogens with zero attached hydrogens (tertiary/aromatic N) is 2.